The van der Waals surface area contributed by atoms with E-state index in [9.17, 15) is 14.7 Å². The van der Waals surface area contributed by atoms with E-state index in [1.54, 1.807) is 12.1 Å². The van der Waals surface area contributed by atoms with E-state index >= 15 is 0 Å². The van der Waals surface area contributed by atoms with Crippen LogP contribution in [0.2, 0.25) is 0 Å². The molecule has 3 aromatic rings. The first-order valence-corrected chi connectivity index (χ1v) is 5.69. The van der Waals surface area contributed by atoms with Crippen molar-refractivity contribution in [3.63, 3.8) is 0 Å². The molecule has 0 amide bonds. The Hall–Kier alpha value is -2.82. The molecule has 0 saturated heterocycles. The highest BCUT2D eigenvalue weighted by Gasteiger charge is 2.03. The Bertz CT molecular complexity index is 860. The Labute approximate surface area is 107 Å². The molecule has 5 heteroatoms. The van der Waals surface area contributed by atoms with Crippen molar-refractivity contribution in [1.29, 1.82) is 0 Å². The van der Waals surface area contributed by atoms with E-state index in [4.69, 9.17) is 0 Å². The molecule has 0 aliphatic carbocycles. The van der Waals surface area contributed by atoms with Gasteiger partial charge in [0.1, 0.15) is 11.4 Å². The summed E-state index contributed by atoms with van der Waals surface area (Å²) in [7, 11) is 0. The molecule has 2 N–H and O–H groups in total. The second kappa shape index (κ2) is 4.13. The van der Waals surface area contributed by atoms with Crippen LogP contribution in [0.15, 0.2) is 58.3 Å². The molecular weight excluding hydrogens is 244 g/mol. The number of nitrogens with zero attached hydrogens (tertiary/aromatic N) is 1. The van der Waals surface area contributed by atoms with Crippen molar-refractivity contribution in [2.75, 3.05) is 0 Å². The zero-order chi connectivity index (χ0) is 13.4. The van der Waals surface area contributed by atoms with E-state index in [0.717, 1.165) is 5.56 Å². The van der Waals surface area contributed by atoms with E-state index in [1.165, 1.54) is 40.9 Å². The van der Waals surface area contributed by atoms with Crippen molar-refractivity contribution in [3.8, 4) is 17.0 Å². The first kappa shape index (κ1) is 11.3. The van der Waals surface area contributed by atoms with Crippen LogP contribution in [0.3, 0.4) is 0 Å². The Morgan fingerprint density at radius 1 is 1.00 bits per heavy atom. The number of aromatic nitrogens is 2. The second-order valence-electron chi connectivity index (χ2n) is 4.19. The Balaban J connectivity index is 2.28. The maximum absolute atomic E-state index is 11.9. The number of phenolic OH excluding ortho intramolecular Hbond substituents is 1. The summed E-state index contributed by atoms with van der Waals surface area (Å²) < 4.78 is 1.37. The fraction of sp³-hybridized carbons (Fsp3) is 0. The lowest BCUT2D eigenvalue weighted by Crippen LogP contribution is -2.16. The van der Waals surface area contributed by atoms with Crippen LogP contribution >= 0.6 is 0 Å². The van der Waals surface area contributed by atoms with Gasteiger partial charge in [0.25, 0.3) is 5.56 Å². The molecular formula is C14H10N2O3. The van der Waals surface area contributed by atoms with E-state index in [-0.39, 0.29) is 16.7 Å². The number of nitrogens with one attached hydrogen (secondary N) is 1. The van der Waals surface area contributed by atoms with Gasteiger partial charge in [0.05, 0.1) is 5.69 Å². The maximum atomic E-state index is 11.9. The predicted molar refractivity (Wildman–Crippen MR) is 71.4 cm³/mol. The zero-order valence-corrected chi connectivity index (χ0v) is 9.83. The van der Waals surface area contributed by atoms with Gasteiger partial charge >= 0.3 is 0 Å². The van der Waals surface area contributed by atoms with E-state index in [0.29, 0.717) is 11.3 Å². The van der Waals surface area contributed by atoms with E-state index in [2.05, 4.69) is 4.98 Å². The quantitative estimate of drug-likeness (QED) is 0.688. The summed E-state index contributed by atoms with van der Waals surface area (Å²) >= 11 is 0. The molecule has 0 radical (unpaired) electrons. The largest absolute Gasteiger partial charge is 0.508 e. The molecule has 0 aliphatic rings. The lowest BCUT2D eigenvalue weighted by Gasteiger charge is -2.05. The Morgan fingerprint density at radius 2 is 1.74 bits per heavy atom. The highest BCUT2D eigenvalue weighted by atomic mass is 16.3. The number of aromatic hydroxyl groups is 1. The normalized spacial score (nSPS) is 10.7. The SMILES string of the molecule is O=c1ccn2c(=O)cc(-c3ccc(O)cc3)[nH]c2c1. The van der Waals surface area contributed by atoms with Crippen molar-refractivity contribution in [2.45, 2.75) is 0 Å². The number of pyridine rings is 1. The minimum atomic E-state index is -0.225. The fourth-order valence-corrected chi connectivity index (χ4v) is 1.93. The van der Waals surface area contributed by atoms with Gasteiger partial charge in [0, 0.05) is 24.4 Å². The van der Waals surface area contributed by atoms with Crippen molar-refractivity contribution in [3.05, 3.63) is 69.2 Å². The van der Waals surface area contributed by atoms with Crippen molar-refractivity contribution >= 4 is 5.65 Å². The van der Waals surface area contributed by atoms with Gasteiger partial charge in [-0.2, -0.15) is 0 Å². The number of hydrogen-bond donors (Lipinski definition) is 2. The fourth-order valence-electron chi connectivity index (χ4n) is 1.93. The van der Waals surface area contributed by atoms with Gasteiger partial charge in [-0.1, -0.05) is 0 Å². The molecule has 1 aromatic carbocycles. The highest BCUT2D eigenvalue weighted by Crippen LogP contribution is 2.19. The number of H-pyrrole nitrogens is 1. The number of fused-ring (bicyclic) bond motifs is 1. The summed E-state index contributed by atoms with van der Waals surface area (Å²) in [4.78, 5) is 26.3. The van der Waals surface area contributed by atoms with Crippen LogP contribution in [-0.4, -0.2) is 14.5 Å². The minimum absolute atomic E-state index is 0.156. The van der Waals surface area contributed by atoms with Gasteiger partial charge in [0.15, 0.2) is 5.43 Å². The molecule has 0 unspecified atom stereocenters. The maximum Gasteiger partial charge on any atom is 0.258 e. The lowest BCUT2D eigenvalue weighted by atomic mass is 10.1. The molecule has 2 aromatic heterocycles. The van der Waals surface area contributed by atoms with Gasteiger partial charge in [-0.05, 0) is 29.8 Å². The molecule has 0 fully saturated rings. The minimum Gasteiger partial charge on any atom is -0.508 e. The summed E-state index contributed by atoms with van der Waals surface area (Å²) in [6, 6.07) is 10.6. The smallest absolute Gasteiger partial charge is 0.258 e. The van der Waals surface area contributed by atoms with Gasteiger partial charge in [-0.25, -0.2) is 0 Å². The zero-order valence-electron chi connectivity index (χ0n) is 9.83. The third-order valence-electron chi connectivity index (χ3n) is 2.87. The number of hydrogen-bond acceptors (Lipinski definition) is 3. The van der Waals surface area contributed by atoms with Crippen LogP contribution in [0.1, 0.15) is 0 Å². The monoisotopic (exact) mass is 254 g/mol. The van der Waals surface area contributed by atoms with Gasteiger partial charge in [-0.3, -0.25) is 14.0 Å². The molecule has 94 valence electrons. The third kappa shape index (κ3) is 2.01. The summed E-state index contributed by atoms with van der Waals surface area (Å²) in [5, 5.41) is 9.25. The summed E-state index contributed by atoms with van der Waals surface area (Å²) in [6.45, 7) is 0. The van der Waals surface area contributed by atoms with Crippen LogP contribution in [0.5, 0.6) is 5.75 Å². The number of phenols is 1. The molecule has 2 heterocycles. The second-order valence-corrected chi connectivity index (χ2v) is 4.19. The number of benzene rings is 1. The standard InChI is InChI=1S/C14H10N2O3/c17-10-3-1-9(2-4-10)12-8-14(19)16-6-5-11(18)7-13(16)15-12/h1-8,15,17H. The van der Waals surface area contributed by atoms with Crippen molar-refractivity contribution < 1.29 is 5.11 Å². The van der Waals surface area contributed by atoms with Crippen LogP contribution in [-0.2, 0) is 0 Å². The average molecular weight is 254 g/mol. The highest BCUT2D eigenvalue weighted by molar-refractivity contribution is 5.62. The van der Waals surface area contributed by atoms with Gasteiger partial charge < -0.3 is 10.1 Å². The molecule has 3 rings (SSSR count). The Kier molecular flexibility index (Phi) is 2.45. The summed E-state index contributed by atoms with van der Waals surface area (Å²) in [5.74, 6) is 0.156. The molecule has 0 saturated carbocycles. The first-order chi connectivity index (χ1) is 9.13. The summed E-state index contributed by atoms with van der Waals surface area (Å²) in [5.41, 5.74) is 1.39. The van der Waals surface area contributed by atoms with E-state index in [1.807, 2.05) is 0 Å². The number of rotatable bonds is 1. The molecule has 5 nitrogen and oxygen atoms in total. The number of aromatic amines is 1. The van der Waals surface area contributed by atoms with Gasteiger partial charge in [-0.15, -0.1) is 0 Å². The lowest BCUT2D eigenvalue weighted by molar-refractivity contribution is 0.475. The molecule has 0 bridgehead atoms. The molecule has 0 atom stereocenters. The van der Waals surface area contributed by atoms with Crippen LogP contribution in [0, 0.1) is 0 Å². The third-order valence-corrected chi connectivity index (χ3v) is 2.87. The van der Waals surface area contributed by atoms with Crippen LogP contribution in [0.25, 0.3) is 16.9 Å². The van der Waals surface area contributed by atoms with Crippen molar-refractivity contribution in [1.82, 2.24) is 9.38 Å². The topological polar surface area (TPSA) is 74.6 Å². The average Bonchev–Trinajstić information content (AvgIpc) is 2.38. The van der Waals surface area contributed by atoms with E-state index < -0.39 is 0 Å². The molecule has 19 heavy (non-hydrogen) atoms. The van der Waals surface area contributed by atoms with Crippen LogP contribution < -0.4 is 11.0 Å². The first-order valence-electron chi connectivity index (χ1n) is 5.69. The van der Waals surface area contributed by atoms with Crippen molar-refractivity contribution in [2.24, 2.45) is 0 Å². The van der Waals surface area contributed by atoms with Crippen LogP contribution in [0.4, 0.5) is 0 Å². The molecule has 0 aliphatic heterocycles. The Morgan fingerprint density at radius 3 is 2.47 bits per heavy atom. The summed E-state index contributed by atoms with van der Waals surface area (Å²) in [6.07, 6.45) is 1.44. The predicted octanol–water partition coefficient (Wildman–Crippen LogP) is 1.36. The molecule has 0 spiro atoms. The van der Waals surface area contributed by atoms with Gasteiger partial charge in [0.2, 0.25) is 0 Å².